The fourth-order valence-electron chi connectivity index (χ4n) is 2.83. The number of amides is 2. The van der Waals surface area contributed by atoms with E-state index in [9.17, 15) is 31.7 Å². The average molecular weight is 515 g/mol. The van der Waals surface area contributed by atoms with Crippen LogP contribution in [0.15, 0.2) is 52.3 Å². The number of hydrogen-bond acceptors (Lipinski definition) is 8. The zero-order valence-electron chi connectivity index (χ0n) is 18.6. The van der Waals surface area contributed by atoms with Crippen molar-refractivity contribution in [1.82, 2.24) is 14.8 Å². The quantitative estimate of drug-likeness (QED) is 0.219. The molecule has 0 saturated carbocycles. The highest BCUT2D eigenvalue weighted by Gasteiger charge is 2.23. The van der Waals surface area contributed by atoms with E-state index >= 15 is 0 Å². The maximum atomic E-state index is 12.6. The number of nitro benzene ring substituents is 1. The number of nitrogens with zero attached hydrogens (tertiary/aromatic N) is 1. The van der Waals surface area contributed by atoms with Crippen LogP contribution in [-0.4, -0.2) is 48.0 Å². The van der Waals surface area contributed by atoms with Gasteiger partial charge in [0.15, 0.2) is 0 Å². The number of urea groups is 1. The molecule has 2 amide bonds. The minimum Gasteiger partial charge on any atom is -0.495 e. The molecule has 0 radical (unpaired) electrons. The summed E-state index contributed by atoms with van der Waals surface area (Å²) >= 11 is 0. The van der Waals surface area contributed by atoms with Gasteiger partial charge in [-0.25, -0.2) is 31.1 Å². The van der Waals surface area contributed by atoms with Crippen molar-refractivity contribution >= 4 is 31.8 Å². The van der Waals surface area contributed by atoms with Crippen molar-refractivity contribution in [2.45, 2.75) is 36.0 Å². The van der Waals surface area contributed by atoms with Crippen LogP contribution in [0, 0.1) is 10.1 Å². The predicted molar refractivity (Wildman–Crippen MR) is 124 cm³/mol. The van der Waals surface area contributed by atoms with E-state index in [-0.39, 0.29) is 28.5 Å². The molecule has 0 fully saturated rings. The largest absolute Gasteiger partial charge is 0.495 e. The van der Waals surface area contributed by atoms with E-state index in [1.54, 1.807) is 0 Å². The van der Waals surface area contributed by atoms with E-state index in [1.165, 1.54) is 37.4 Å². The Morgan fingerprint density at radius 3 is 2.29 bits per heavy atom. The standard InChI is InChI=1S/C20H26N4O8S2/c1-3-4-12-21-20(25)23-33(28,29)17-8-5-15(6-9-17)11-13-22-34(30,31)19-14-16(24(26)27)7-10-18(19)32-2/h5-10,14,22H,3-4,11-13H2,1-2H3,(H2,21,23,25). The highest BCUT2D eigenvalue weighted by Crippen LogP contribution is 2.28. The van der Waals surface area contributed by atoms with Gasteiger partial charge in [0.05, 0.1) is 16.9 Å². The molecule has 14 heteroatoms. The van der Waals surface area contributed by atoms with Gasteiger partial charge in [0.2, 0.25) is 10.0 Å². The van der Waals surface area contributed by atoms with Crippen LogP contribution in [0.1, 0.15) is 25.3 Å². The molecule has 0 bridgehead atoms. The molecule has 0 heterocycles. The third-order valence-corrected chi connectivity index (χ3v) is 7.46. The Bertz CT molecular complexity index is 1230. The number of benzene rings is 2. The highest BCUT2D eigenvalue weighted by molar-refractivity contribution is 7.90. The molecule has 2 aromatic carbocycles. The zero-order valence-corrected chi connectivity index (χ0v) is 20.2. The molecule has 0 aliphatic rings. The number of carbonyl (C=O) groups is 1. The molecular formula is C20H26N4O8S2. The lowest BCUT2D eigenvalue weighted by Gasteiger charge is -2.11. The van der Waals surface area contributed by atoms with Crippen molar-refractivity contribution in [3.63, 3.8) is 0 Å². The molecule has 0 atom stereocenters. The van der Waals surface area contributed by atoms with Crippen molar-refractivity contribution in [2.24, 2.45) is 0 Å². The highest BCUT2D eigenvalue weighted by atomic mass is 32.2. The lowest BCUT2D eigenvalue weighted by molar-refractivity contribution is -0.385. The number of ether oxygens (including phenoxy) is 1. The van der Waals surface area contributed by atoms with Crippen molar-refractivity contribution < 1.29 is 31.3 Å². The van der Waals surface area contributed by atoms with E-state index in [0.717, 1.165) is 25.0 Å². The molecule has 186 valence electrons. The van der Waals surface area contributed by atoms with E-state index in [2.05, 4.69) is 10.0 Å². The number of sulfonamides is 2. The molecule has 0 aliphatic carbocycles. The van der Waals surface area contributed by atoms with Crippen LogP contribution >= 0.6 is 0 Å². The van der Waals surface area contributed by atoms with Crippen molar-refractivity contribution in [1.29, 1.82) is 0 Å². The number of unbranched alkanes of at least 4 members (excludes halogenated alkanes) is 1. The van der Waals surface area contributed by atoms with Gasteiger partial charge in [0.1, 0.15) is 10.6 Å². The second-order valence-electron chi connectivity index (χ2n) is 7.10. The normalized spacial score (nSPS) is 11.6. The molecule has 0 saturated heterocycles. The molecule has 0 spiro atoms. The second kappa shape index (κ2) is 11.8. The summed E-state index contributed by atoms with van der Waals surface area (Å²) in [7, 11) is -6.92. The van der Waals surface area contributed by atoms with Crippen molar-refractivity contribution in [2.75, 3.05) is 20.2 Å². The molecule has 0 unspecified atom stereocenters. The molecule has 2 rings (SSSR count). The Kier molecular flexibility index (Phi) is 9.35. The van der Waals surface area contributed by atoms with Crippen LogP contribution in [0.2, 0.25) is 0 Å². The van der Waals surface area contributed by atoms with Gasteiger partial charge in [0.25, 0.3) is 15.7 Å². The number of carbonyl (C=O) groups excluding carboxylic acids is 1. The lowest BCUT2D eigenvalue weighted by atomic mass is 10.2. The molecule has 12 nitrogen and oxygen atoms in total. The summed E-state index contributed by atoms with van der Waals surface area (Å²) in [5, 5.41) is 13.4. The van der Waals surface area contributed by atoms with Gasteiger partial charge >= 0.3 is 6.03 Å². The minimum atomic E-state index is -4.11. The van der Waals surface area contributed by atoms with Gasteiger partial charge in [-0.3, -0.25) is 10.1 Å². The van der Waals surface area contributed by atoms with Gasteiger partial charge in [-0.2, -0.15) is 0 Å². The summed E-state index contributed by atoms with van der Waals surface area (Å²) in [6, 6.07) is 8.01. The third kappa shape index (κ3) is 7.40. The number of methoxy groups -OCH3 is 1. The maximum Gasteiger partial charge on any atom is 0.328 e. The molecule has 0 aromatic heterocycles. The molecule has 2 aromatic rings. The SMILES string of the molecule is CCCCNC(=O)NS(=O)(=O)c1ccc(CCNS(=O)(=O)c2cc([N+](=O)[O-])ccc2OC)cc1. The minimum absolute atomic E-state index is 0.0427. The van der Waals surface area contributed by atoms with Crippen molar-refractivity contribution in [3.05, 3.63) is 58.1 Å². The fraction of sp³-hybridized carbons (Fsp3) is 0.350. The number of nitro groups is 1. The number of nitrogens with one attached hydrogen (secondary N) is 3. The third-order valence-electron chi connectivity index (χ3n) is 4.63. The predicted octanol–water partition coefficient (Wildman–Crippen LogP) is 1.91. The monoisotopic (exact) mass is 514 g/mol. The Hall–Kier alpha value is -3.23. The first-order chi connectivity index (χ1) is 16.0. The van der Waals surface area contributed by atoms with Gasteiger partial charge in [-0.05, 0) is 36.6 Å². The Labute approximate surface area is 198 Å². The summed E-state index contributed by atoms with van der Waals surface area (Å²) < 4.78 is 59.1. The van der Waals surface area contributed by atoms with Crippen LogP contribution in [0.25, 0.3) is 0 Å². The van der Waals surface area contributed by atoms with E-state index in [1.807, 2.05) is 11.6 Å². The smallest absolute Gasteiger partial charge is 0.328 e. The van der Waals surface area contributed by atoms with Gasteiger partial charge in [0, 0.05) is 25.2 Å². The van der Waals surface area contributed by atoms with Crippen LogP contribution in [0.3, 0.4) is 0 Å². The van der Waals surface area contributed by atoms with Crippen LogP contribution in [0.4, 0.5) is 10.5 Å². The van der Waals surface area contributed by atoms with E-state index < -0.39 is 36.7 Å². The number of non-ortho nitro benzene ring substituents is 1. The molecular weight excluding hydrogens is 488 g/mol. The fourth-order valence-corrected chi connectivity index (χ4v) is 4.97. The van der Waals surface area contributed by atoms with Crippen LogP contribution in [0.5, 0.6) is 5.75 Å². The van der Waals surface area contributed by atoms with Gasteiger partial charge < -0.3 is 10.1 Å². The van der Waals surface area contributed by atoms with Gasteiger partial charge in [-0.15, -0.1) is 0 Å². The first kappa shape index (κ1) is 27.0. The van der Waals surface area contributed by atoms with Crippen LogP contribution in [-0.2, 0) is 26.5 Å². The number of rotatable bonds is 12. The van der Waals surface area contributed by atoms with Gasteiger partial charge in [-0.1, -0.05) is 25.5 Å². The lowest BCUT2D eigenvalue weighted by Crippen LogP contribution is -2.39. The maximum absolute atomic E-state index is 12.6. The second-order valence-corrected chi connectivity index (χ2v) is 10.5. The topological polar surface area (TPSA) is 174 Å². The molecule has 3 N–H and O–H groups in total. The van der Waals surface area contributed by atoms with Crippen molar-refractivity contribution in [3.8, 4) is 5.75 Å². The number of hydrogen-bond donors (Lipinski definition) is 3. The molecule has 0 aliphatic heterocycles. The Balaban J connectivity index is 2.01. The summed E-state index contributed by atoms with van der Waals surface area (Å²) in [5.41, 5.74) is 0.227. The summed E-state index contributed by atoms with van der Waals surface area (Å²) in [4.78, 5) is 21.5. The first-order valence-electron chi connectivity index (χ1n) is 10.2. The molecule has 34 heavy (non-hydrogen) atoms. The summed E-state index contributed by atoms with van der Waals surface area (Å²) in [6.07, 6.45) is 1.78. The summed E-state index contributed by atoms with van der Waals surface area (Å²) in [5.74, 6) is -0.0427. The van der Waals surface area contributed by atoms with Crippen LogP contribution < -0.4 is 19.5 Å². The zero-order chi connectivity index (χ0) is 25.4. The Morgan fingerprint density at radius 2 is 1.71 bits per heavy atom. The van der Waals surface area contributed by atoms with E-state index in [0.29, 0.717) is 12.1 Å². The average Bonchev–Trinajstić information content (AvgIpc) is 2.78. The Morgan fingerprint density at radius 1 is 1.03 bits per heavy atom. The van der Waals surface area contributed by atoms with E-state index in [4.69, 9.17) is 4.74 Å². The first-order valence-corrected chi connectivity index (χ1v) is 13.2. The summed E-state index contributed by atoms with van der Waals surface area (Å²) in [6.45, 7) is 2.24.